The molecule has 0 aliphatic heterocycles. The summed E-state index contributed by atoms with van der Waals surface area (Å²) in [5.41, 5.74) is 0. The maximum absolute atomic E-state index is 12.0. The van der Waals surface area contributed by atoms with E-state index in [-0.39, 0.29) is 11.9 Å². The van der Waals surface area contributed by atoms with E-state index in [0.717, 1.165) is 83.8 Å². The smallest absolute Gasteiger partial charge is 0.306 e. The lowest BCUT2D eigenvalue weighted by molar-refractivity contribution is -0.143. The summed E-state index contributed by atoms with van der Waals surface area (Å²) in [6.45, 7) is 7.24. The predicted molar refractivity (Wildman–Crippen MR) is 200 cm³/mol. The van der Waals surface area contributed by atoms with Crippen molar-refractivity contribution in [3.05, 3.63) is 24.3 Å². The molecule has 0 aromatic rings. The molecule has 0 saturated heterocycles. The van der Waals surface area contributed by atoms with E-state index in [0.29, 0.717) is 32.2 Å². The van der Waals surface area contributed by atoms with Crippen LogP contribution < -0.4 is 0 Å². The zero-order valence-electron chi connectivity index (χ0n) is 31.6. The van der Waals surface area contributed by atoms with Crippen LogP contribution >= 0.6 is 0 Å². The molecule has 0 aliphatic carbocycles. The molecule has 0 aromatic heterocycles. The van der Waals surface area contributed by atoms with Gasteiger partial charge in [-0.2, -0.15) is 0 Å². The van der Waals surface area contributed by atoms with Crippen LogP contribution in [0.3, 0.4) is 0 Å². The third kappa shape index (κ3) is 37.0. The molecule has 0 radical (unpaired) electrons. The second-order valence-electron chi connectivity index (χ2n) is 13.6. The normalized spacial score (nSPS) is 11.9. The Morgan fingerprint density at radius 3 is 1.45 bits per heavy atom. The van der Waals surface area contributed by atoms with Crippen LogP contribution in [-0.2, 0) is 23.8 Å². The minimum Gasteiger partial charge on any atom is -0.461 e. The van der Waals surface area contributed by atoms with E-state index in [2.05, 4.69) is 45.0 Å². The molecule has 0 spiro atoms. The number of unbranched alkanes of at least 4 members (excludes halogenated alkanes) is 17. The molecular formula is C41H77NO5. The van der Waals surface area contributed by atoms with Gasteiger partial charge in [-0.3, -0.25) is 9.59 Å². The molecule has 0 saturated carbocycles. The van der Waals surface area contributed by atoms with Crippen molar-refractivity contribution in [1.82, 2.24) is 4.90 Å². The maximum Gasteiger partial charge on any atom is 0.306 e. The first-order valence-corrected chi connectivity index (χ1v) is 19.9. The van der Waals surface area contributed by atoms with Crippen molar-refractivity contribution in [2.24, 2.45) is 0 Å². The summed E-state index contributed by atoms with van der Waals surface area (Å²) < 4.78 is 17.0. The van der Waals surface area contributed by atoms with Gasteiger partial charge in [-0.05, 0) is 84.8 Å². The van der Waals surface area contributed by atoms with Crippen LogP contribution in [0.4, 0.5) is 0 Å². The second kappa shape index (κ2) is 37.2. The van der Waals surface area contributed by atoms with Gasteiger partial charge < -0.3 is 19.1 Å². The third-order valence-electron chi connectivity index (χ3n) is 8.63. The first-order valence-electron chi connectivity index (χ1n) is 19.9. The Morgan fingerprint density at radius 2 is 0.979 bits per heavy atom. The number of esters is 2. The van der Waals surface area contributed by atoms with Crippen molar-refractivity contribution in [2.75, 3.05) is 40.5 Å². The van der Waals surface area contributed by atoms with Gasteiger partial charge in [0, 0.05) is 19.4 Å². The fourth-order valence-corrected chi connectivity index (χ4v) is 5.61. The molecule has 0 fully saturated rings. The molecule has 0 aliphatic rings. The highest BCUT2D eigenvalue weighted by molar-refractivity contribution is 5.69. The summed E-state index contributed by atoms with van der Waals surface area (Å²) in [5.74, 6) is -0.140. The van der Waals surface area contributed by atoms with Crippen molar-refractivity contribution < 1.29 is 23.8 Å². The minimum absolute atomic E-state index is 0.0699. The van der Waals surface area contributed by atoms with Crippen LogP contribution in [0.1, 0.15) is 181 Å². The van der Waals surface area contributed by atoms with E-state index in [1.807, 2.05) is 12.2 Å². The molecular weight excluding hydrogens is 586 g/mol. The predicted octanol–water partition coefficient (Wildman–Crippen LogP) is 11.3. The lowest BCUT2D eigenvalue weighted by Crippen LogP contribution is -2.16. The molecule has 0 rings (SSSR count). The van der Waals surface area contributed by atoms with Crippen molar-refractivity contribution in [1.29, 1.82) is 0 Å². The highest BCUT2D eigenvalue weighted by Crippen LogP contribution is 2.17. The van der Waals surface area contributed by atoms with E-state index < -0.39 is 0 Å². The van der Waals surface area contributed by atoms with Crippen molar-refractivity contribution in [3.8, 4) is 0 Å². The molecule has 0 bridgehead atoms. The molecule has 0 N–H and O–H groups in total. The Bertz CT molecular complexity index is 683. The number of nitrogens with zero attached hydrogens (tertiary/aromatic N) is 1. The fourth-order valence-electron chi connectivity index (χ4n) is 5.61. The van der Waals surface area contributed by atoms with Crippen LogP contribution in [0.5, 0.6) is 0 Å². The summed E-state index contributed by atoms with van der Waals surface area (Å²) in [6, 6.07) is 0. The Morgan fingerprint density at radius 1 is 0.532 bits per heavy atom. The largest absolute Gasteiger partial charge is 0.461 e. The number of rotatable bonds is 36. The van der Waals surface area contributed by atoms with Gasteiger partial charge in [-0.25, -0.2) is 0 Å². The zero-order valence-corrected chi connectivity index (χ0v) is 31.6. The van der Waals surface area contributed by atoms with Crippen LogP contribution in [0.25, 0.3) is 0 Å². The molecule has 0 aromatic carbocycles. The molecule has 0 unspecified atom stereocenters. The van der Waals surface area contributed by atoms with E-state index in [9.17, 15) is 9.59 Å². The van der Waals surface area contributed by atoms with Crippen LogP contribution in [-0.4, -0.2) is 63.4 Å². The number of hydrogen-bond acceptors (Lipinski definition) is 6. The van der Waals surface area contributed by atoms with Gasteiger partial charge >= 0.3 is 11.9 Å². The standard InChI is InChI=1S/C41H77NO5/c1-5-7-9-11-13-21-28-37-46-40(43)33-25-19-15-17-23-31-39(45-36-30-27-35-42(3)4)32-24-18-16-20-26-34-41(44)47-38-29-22-14-12-10-8-6-2/h21-22,28-29,39H,5-20,23-27,30-38H2,1-4H3/b28-21-,29-22-. The van der Waals surface area contributed by atoms with E-state index >= 15 is 0 Å². The van der Waals surface area contributed by atoms with Crippen molar-refractivity contribution in [2.45, 2.75) is 187 Å². The summed E-state index contributed by atoms with van der Waals surface area (Å²) in [7, 11) is 4.25. The van der Waals surface area contributed by atoms with Crippen LogP contribution in [0.15, 0.2) is 24.3 Å². The molecule has 47 heavy (non-hydrogen) atoms. The molecule has 0 heterocycles. The summed E-state index contributed by atoms with van der Waals surface area (Å²) >= 11 is 0. The third-order valence-corrected chi connectivity index (χ3v) is 8.63. The van der Waals surface area contributed by atoms with Crippen LogP contribution in [0.2, 0.25) is 0 Å². The minimum atomic E-state index is -0.0699. The number of carbonyl (C=O) groups excluding carboxylic acids is 2. The van der Waals surface area contributed by atoms with Crippen molar-refractivity contribution in [3.63, 3.8) is 0 Å². The van der Waals surface area contributed by atoms with E-state index in [4.69, 9.17) is 14.2 Å². The average Bonchev–Trinajstić information content (AvgIpc) is 3.05. The van der Waals surface area contributed by atoms with Gasteiger partial charge in [0.2, 0.25) is 0 Å². The van der Waals surface area contributed by atoms with Gasteiger partial charge in [0.15, 0.2) is 0 Å². The highest BCUT2D eigenvalue weighted by Gasteiger charge is 2.10. The Hall–Kier alpha value is -1.66. The first kappa shape index (κ1) is 45.3. The lowest BCUT2D eigenvalue weighted by Gasteiger charge is -2.18. The number of hydrogen-bond donors (Lipinski definition) is 0. The van der Waals surface area contributed by atoms with Gasteiger partial charge in [-0.1, -0.05) is 128 Å². The molecule has 0 amide bonds. The molecule has 0 atom stereocenters. The maximum atomic E-state index is 12.0. The highest BCUT2D eigenvalue weighted by atomic mass is 16.5. The topological polar surface area (TPSA) is 65.1 Å². The van der Waals surface area contributed by atoms with Gasteiger partial charge in [0.25, 0.3) is 0 Å². The number of carbonyl (C=O) groups is 2. The van der Waals surface area contributed by atoms with Gasteiger partial charge in [0.1, 0.15) is 13.2 Å². The van der Waals surface area contributed by atoms with Crippen LogP contribution in [0, 0.1) is 0 Å². The zero-order chi connectivity index (χ0) is 34.5. The Balaban J connectivity index is 3.99. The molecule has 276 valence electrons. The quantitative estimate of drug-likeness (QED) is 0.0377. The first-order chi connectivity index (χ1) is 23.0. The van der Waals surface area contributed by atoms with E-state index in [1.54, 1.807) is 0 Å². The average molecular weight is 664 g/mol. The Kier molecular flexibility index (Phi) is 35.9. The molecule has 6 nitrogen and oxygen atoms in total. The summed E-state index contributed by atoms with van der Waals surface area (Å²) in [4.78, 5) is 26.2. The number of allylic oxidation sites excluding steroid dienone is 2. The molecule has 6 heteroatoms. The van der Waals surface area contributed by atoms with Crippen molar-refractivity contribution >= 4 is 11.9 Å². The number of ether oxygens (including phenoxy) is 3. The fraction of sp³-hybridized carbons (Fsp3) is 0.854. The lowest BCUT2D eigenvalue weighted by atomic mass is 10.0. The summed E-state index contributed by atoms with van der Waals surface area (Å²) in [5, 5.41) is 0. The van der Waals surface area contributed by atoms with Gasteiger partial charge in [0.05, 0.1) is 6.10 Å². The second-order valence-corrected chi connectivity index (χ2v) is 13.6. The monoisotopic (exact) mass is 664 g/mol. The Labute approximate surface area is 291 Å². The van der Waals surface area contributed by atoms with Gasteiger partial charge in [-0.15, -0.1) is 0 Å². The van der Waals surface area contributed by atoms with E-state index in [1.165, 1.54) is 83.5 Å². The summed E-state index contributed by atoms with van der Waals surface area (Å²) in [6.07, 6.45) is 37.6. The SMILES string of the molecule is CCCCCC/C=C\COC(=O)CCCCCCCC(CCCCCCCC(=O)OC/C=C\CCCCCC)OCCCCN(C)C.